The standard InChI is InChI=1S/C26H22N2OS/c27-28-25(29)20-16-18-24(19-17-20)30-26(21-10-4-1-5-11-21,22-12-6-2-7-13-22)23-14-8-3-9-15-23/h1-19H,27H2,(H,28,29). The molecule has 0 saturated carbocycles. The van der Waals surface area contributed by atoms with Gasteiger partial charge in [-0.05, 0) is 41.0 Å². The van der Waals surface area contributed by atoms with Crippen LogP contribution in [-0.2, 0) is 4.75 Å². The molecule has 148 valence electrons. The topological polar surface area (TPSA) is 55.1 Å². The lowest BCUT2D eigenvalue weighted by atomic mass is 9.84. The van der Waals surface area contributed by atoms with E-state index in [0.717, 1.165) is 4.90 Å². The molecule has 3 N–H and O–H groups in total. The maximum Gasteiger partial charge on any atom is 0.265 e. The normalized spacial score (nSPS) is 11.1. The summed E-state index contributed by atoms with van der Waals surface area (Å²) in [5.41, 5.74) is 6.29. The highest BCUT2D eigenvalue weighted by Gasteiger charge is 2.37. The summed E-state index contributed by atoms with van der Waals surface area (Å²) in [6.07, 6.45) is 0. The monoisotopic (exact) mass is 410 g/mol. The molecule has 0 aliphatic heterocycles. The fourth-order valence-corrected chi connectivity index (χ4v) is 5.02. The van der Waals surface area contributed by atoms with Gasteiger partial charge in [0.15, 0.2) is 0 Å². The number of hydrazine groups is 1. The van der Waals surface area contributed by atoms with Crippen LogP contribution >= 0.6 is 11.8 Å². The highest BCUT2D eigenvalue weighted by molar-refractivity contribution is 8.00. The first-order chi connectivity index (χ1) is 14.7. The molecule has 0 atom stereocenters. The summed E-state index contributed by atoms with van der Waals surface area (Å²) in [7, 11) is 0. The van der Waals surface area contributed by atoms with Crippen LogP contribution in [0.4, 0.5) is 0 Å². The van der Waals surface area contributed by atoms with Crippen LogP contribution in [0, 0.1) is 0 Å². The maximum absolute atomic E-state index is 11.8. The summed E-state index contributed by atoms with van der Waals surface area (Å²) in [6.45, 7) is 0. The van der Waals surface area contributed by atoms with Crippen LogP contribution in [0.5, 0.6) is 0 Å². The van der Waals surface area contributed by atoms with Gasteiger partial charge in [-0.2, -0.15) is 0 Å². The Morgan fingerprint density at radius 3 is 1.40 bits per heavy atom. The number of benzene rings is 4. The van der Waals surface area contributed by atoms with Crippen LogP contribution in [0.1, 0.15) is 27.0 Å². The average molecular weight is 411 g/mol. The number of hydrogen-bond donors (Lipinski definition) is 2. The van der Waals surface area contributed by atoms with Crippen molar-refractivity contribution in [3.8, 4) is 0 Å². The van der Waals surface area contributed by atoms with E-state index < -0.39 is 4.75 Å². The van der Waals surface area contributed by atoms with Gasteiger partial charge in [-0.25, -0.2) is 5.84 Å². The van der Waals surface area contributed by atoms with Crippen molar-refractivity contribution in [3.05, 3.63) is 138 Å². The van der Waals surface area contributed by atoms with Crippen molar-refractivity contribution in [3.63, 3.8) is 0 Å². The lowest BCUT2D eigenvalue weighted by molar-refractivity contribution is 0.0953. The maximum atomic E-state index is 11.8. The van der Waals surface area contributed by atoms with E-state index in [-0.39, 0.29) is 5.91 Å². The molecule has 0 aliphatic rings. The molecule has 0 aromatic heterocycles. The van der Waals surface area contributed by atoms with Gasteiger partial charge in [-0.3, -0.25) is 10.2 Å². The summed E-state index contributed by atoms with van der Waals surface area (Å²) in [4.78, 5) is 12.9. The SMILES string of the molecule is NNC(=O)c1ccc(SC(c2ccccc2)(c2ccccc2)c2ccccc2)cc1. The third kappa shape index (κ3) is 3.88. The molecule has 4 aromatic rings. The van der Waals surface area contributed by atoms with Crippen molar-refractivity contribution in [2.45, 2.75) is 9.64 Å². The molecule has 0 radical (unpaired) electrons. The largest absolute Gasteiger partial charge is 0.290 e. The van der Waals surface area contributed by atoms with E-state index in [1.54, 1.807) is 23.9 Å². The number of nitrogens with one attached hydrogen (secondary N) is 1. The number of amides is 1. The van der Waals surface area contributed by atoms with Crippen molar-refractivity contribution >= 4 is 17.7 Å². The number of nitrogen functional groups attached to an aromatic ring is 1. The number of carbonyl (C=O) groups is 1. The first-order valence-corrected chi connectivity index (χ1v) is 10.5. The zero-order valence-corrected chi connectivity index (χ0v) is 17.2. The Kier molecular flexibility index (Phi) is 5.98. The average Bonchev–Trinajstić information content (AvgIpc) is 2.84. The fourth-order valence-electron chi connectivity index (χ4n) is 3.63. The van der Waals surface area contributed by atoms with Gasteiger partial charge in [0.25, 0.3) is 5.91 Å². The van der Waals surface area contributed by atoms with Crippen molar-refractivity contribution in [1.82, 2.24) is 5.43 Å². The number of thioether (sulfide) groups is 1. The Hall–Kier alpha value is -3.34. The molecule has 0 heterocycles. The van der Waals surface area contributed by atoms with Crippen molar-refractivity contribution in [2.75, 3.05) is 0 Å². The molecule has 4 heteroatoms. The summed E-state index contributed by atoms with van der Waals surface area (Å²) in [6, 6.07) is 39.1. The molecule has 4 rings (SSSR count). The zero-order valence-electron chi connectivity index (χ0n) is 16.4. The van der Waals surface area contributed by atoms with Crippen LogP contribution in [0.25, 0.3) is 0 Å². The second-order valence-corrected chi connectivity index (χ2v) is 8.17. The van der Waals surface area contributed by atoms with E-state index in [4.69, 9.17) is 5.84 Å². The molecule has 4 aromatic carbocycles. The molecule has 0 spiro atoms. The number of rotatable bonds is 6. The Morgan fingerprint density at radius 2 is 1.03 bits per heavy atom. The number of carbonyl (C=O) groups excluding carboxylic acids is 1. The van der Waals surface area contributed by atoms with Gasteiger partial charge in [0, 0.05) is 10.5 Å². The Balaban J connectivity index is 1.90. The Morgan fingerprint density at radius 1 is 0.633 bits per heavy atom. The first kappa shape index (κ1) is 20.0. The van der Waals surface area contributed by atoms with Gasteiger partial charge in [0.05, 0.1) is 4.75 Å². The smallest absolute Gasteiger partial charge is 0.265 e. The predicted molar refractivity (Wildman–Crippen MR) is 123 cm³/mol. The minimum atomic E-state index is -0.443. The zero-order chi connectivity index (χ0) is 20.8. The molecular formula is C26H22N2OS. The Bertz CT molecular complexity index is 1000. The number of hydrogen-bond acceptors (Lipinski definition) is 3. The van der Waals surface area contributed by atoms with Crippen LogP contribution < -0.4 is 11.3 Å². The van der Waals surface area contributed by atoms with Gasteiger partial charge in [0.2, 0.25) is 0 Å². The predicted octanol–water partition coefficient (Wildman–Crippen LogP) is 5.37. The minimum absolute atomic E-state index is 0.299. The fraction of sp³-hybridized carbons (Fsp3) is 0.0385. The van der Waals surface area contributed by atoms with Crippen molar-refractivity contribution in [2.24, 2.45) is 5.84 Å². The molecule has 0 fully saturated rings. The summed E-state index contributed by atoms with van der Waals surface area (Å²) in [5.74, 6) is 4.97. The van der Waals surface area contributed by atoms with E-state index in [0.29, 0.717) is 5.56 Å². The van der Waals surface area contributed by atoms with Crippen LogP contribution in [0.3, 0.4) is 0 Å². The van der Waals surface area contributed by atoms with Gasteiger partial charge in [0.1, 0.15) is 0 Å². The second-order valence-electron chi connectivity index (χ2n) is 6.88. The van der Waals surface area contributed by atoms with Gasteiger partial charge in [-0.1, -0.05) is 91.0 Å². The molecule has 0 unspecified atom stereocenters. The molecule has 0 saturated heterocycles. The van der Waals surface area contributed by atoms with Gasteiger partial charge >= 0.3 is 0 Å². The summed E-state index contributed by atoms with van der Waals surface area (Å²) >= 11 is 1.76. The summed E-state index contributed by atoms with van der Waals surface area (Å²) in [5, 5.41) is 0. The van der Waals surface area contributed by atoms with E-state index in [1.165, 1.54) is 16.7 Å². The van der Waals surface area contributed by atoms with Crippen molar-refractivity contribution < 1.29 is 4.79 Å². The van der Waals surface area contributed by atoms with E-state index in [2.05, 4.69) is 78.2 Å². The quantitative estimate of drug-likeness (QED) is 0.148. The highest BCUT2D eigenvalue weighted by Crippen LogP contribution is 2.51. The minimum Gasteiger partial charge on any atom is -0.290 e. The van der Waals surface area contributed by atoms with Crippen molar-refractivity contribution in [1.29, 1.82) is 0 Å². The molecule has 3 nitrogen and oxygen atoms in total. The lowest BCUT2D eigenvalue weighted by Gasteiger charge is -2.35. The number of nitrogens with two attached hydrogens (primary N) is 1. The van der Waals surface area contributed by atoms with Gasteiger partial charge < -0.3 is 0 Å². The van der Waals surface area contributed by atoms with Crippen LogP contribution in [0.2, 0.25) is 0 Å². The van der Waals surface area contributed by atoms with Crippen LogP contribution in [-0.4, -0.2) is 5.91 Å². The molecule has 0 bridgehead atoms. The van der Waals surface area contributed by atoms with Crippen LogP contribution in [0.15, 0.2) is 120 Å². The third-order valence-electron chi connectivity index (χ3n) is 5.06. The molecule has 0 aliphatic carbocycles. The van der Waals surface area contributed by atoms with E-state index >= 15 is 0 Å². The molecule has 30 heavy (non-hydrogen) atoms. The van der Waals surface area contributed by atoms with Gasteiger partial charge in [-0.15, -0.1) is 11.8 Å². The molecule has 1 amide bonds. The third-order valence-corrected chi connectivity index (χ3v) is 6.58. The second kappa shape index (κ2) is 8.99. The lowest BCUT2D eigenvalue weighted by Crippen LogP contribution is -2.29. The first-order valence-electron chi connectivity index (χ1n) is 9.70. The Labute approximate surface area is 180 Å². The summed E-state index contributed by atoms with van der Waals surface area (Å²) < 4.78 is -0.443. The van der Waals surface area contributed by atoms with E-state index in [1.807, 2.05) is 30.3 Å². The van der Waals surface area contributed by atoms with E-state index in [9.17, 15) is 4.79 Å². The highest BCUT2D eigenvalue weighted by atomic mass is 32.2. The molecular weight excluding hydrogens is 388 g/mol.